The molecule has 1 aliphatic rings. The Morgan fingerprint density at radius 1 is 1.47 bits per heavy atom. The number of hydrogen-bond donors (Lipinski definition) is 1. The Morgan fingerprint density at radius 3 is 2.63 bits per heavy atom. The molecule has 1 aromatic carbocycles. The largest absolute Gasteiger partial charge is 0.381 e. The van der Waals surface area contributed by atoms with Gasteiger partial charge in [-0.1, -0.05) is 13.8 Å². The summed E-state index contributed by atoms with van der Waals surface area (Å²) in [5.41, 5.74) is 2.05. The zero-order valence-electron chi connectivity index (χ0n) is 11.8. The fraction of sp³-hybridized carbons (Fsp3) is 0.571. The molecule has 0 amide bonds. The van der Waals surface area contributed by atoms with E-state index in [-0.39, 0.29) is 22.1 Å². The first-order valence-corrected chi connectivity index (χ1v) is 6.40. The van der Waals surface area contributed by atoms with Gasteiger partial charge in [0.1, 0.15) is 0 Å². The predicted molar refractivity (Wildman–Crippen MR) is 74.4 cm³/mol. The van der Waals surface area contributed by atoms with E-state index in [1.165, 1.54) is 6.07 Å². The van der Waals surface area contributed by atoms with Crippen LogP contribution in [0, 0.1) is 22.5 Å². The van der Waals surface area contributed by atoms with E-state index in [9.17, 15) is 10.1 Å². The first-order valence-electron chi connectivity index (χ1n) is 6.40. The van der Waals surface area contributed by atoms with Gasteiger partial charge in [0.15, 0.2) is 0 Å². The molecule has 2 rings (SSSR count). The Morgan fingerprint density at radius 2 is 2.16 bits per heavy atom. The van der Waals surface area contributed by atoms with Crippen LogP contribution in [0.4, 0.5) is 11.4 Å². The first kappa shape index (κ1) is 13.8. The first-order chi connectivity index (χ1) is 8.86. The van der Waals surface area contributed by atoms with E-state index in [0.717, 1.165) is 17.7 Å². The number of nitro groups is 1. The number of hydrogen-bond acceptors (Lipinski definition) is 4. The highest BCUT2D eigenvalue weighted by atomic mass is 16.6. The van der Waals surface area contributed by atoms with Crippen LogP contribution in [-0.2, 0) is 4.74 Å². The van der Waals surface area contributed by atoms with Crippen molar-refractivity contribution in [3.63, 3.8) is 0 Å². The quantitative estimate of drug-likeness (QED) is 0.670. The van der Waals surface area contributed by atoms with E-state index in [4.69, 9.17) is 4.74 Å². The third kappa shape index (κ3) is 2.42. The van der Waals surface area contributed by atoms with Crippen molar-refractivity contribution in [1.82, 2.24) is 0 Å². The van der Waals surface area contributed by atoms with E-state index < -0.39 is 0 Å². The normalized spacial score (nSPS) is 24.6. The van der Waals surface area contributed by atoms with Gasteiger partial charge in [-0.15, -0.1) is 0 Å². The molecule has 2 unspecified atom stereocenters. The fourth-order valence-electron chi connectivity index (χ4n) is 2.64. The minimum atomic E-state index is -0.370. The Labute approximate surface area is 113 Å². The molecule has 0 aromatic heterocycles. The number of methoxy groups -OCH3 is 1. The molecule has 1 aromatic rings. The lowest BCUT2D eigenvalue weighted by atomic mass is 9.64. The summed E-state index contributed by atoms with van der Waals surface area (Å²) in [6.45, 7) is 6.22. The van der Waals surface area contributed by atoms with Gasteiger partial charge in [-0.3, -0.25) is 10.1 Å². The van der Waals surface area contributed by atoms with Crippen molar-refractivity contribution in [3.8, 4) is 0 Å². The summed E-state index contributed by atoms with van der Waals surface area (Å²) in [6, 6.07) is 5.25. The van der Waals surface area contributed by atoms with Gasteiger partial charge in [0.25, 0.3) is 5.69 Å². The van der Waals surface area contributed by atoms with Crippen LogP contribution in [0.1, 0.15) is 25.8 Å². The Hall–Kier alpha value is -1.62. The third-order valence-corrected chi connectivity index (χ3v) is 4.21. The second-order valence-electron chi connectivity index (χ2n) is 5.73. The van der Waals surface area contributed by atoms with Crippen LogP contribution < -0.4 is 5.32 Å². The zero-order valence-corrected chi connectivity index (χ0v) is 11.8. The highest BCUT2D eigenvalue weighted by Crippen LogP contribution is 2.44. The minimum Gasteiger partial charge on any atom is -0.381 e. The van der Waals surface area contributed by atoms with Crippen molar-refractivity contribution in [2.75, 3.05) is 12.4 Å². The van der Waals surface area contributed by atoms with E-state index >= 15 is 0 Å². The van der Waals surface area contributed by atoms with Crippen molar-refractivity contribution in [2.24, 2.45) is 5.41 Å². The summed E-state index contributed by atoms with van der Waals surface area (Å²) in [4.78, 5) is 10.3. The lowest BCUT2D eigenvalue weighted by Crippen LogP contribution is -2.57. The lowest BCUT2D eigenvalue weighted by molar-refractivity contribution is -0.384. The maximum absolute atomic E-state index is 10.7. The maximum atomic E-state index is 10.7. The van der Waals surface area contributed by atoms with Gasteiger partial charge < -0.3 is 10.1 Å². The molecule has 1 aliphatic carbocycles. The molecule has 19 heavy (non-hydrogen) atoms. The third-order valence-electron chi connectivity index (χ3n) is 4.21. The van der Waals surface area contributed by atoms with Crippen LogP contribution in [0.25, 0.3) is 0 Å². The van der Waals surface area contributed by atoms with E-state index in [0.29, 0.717) is 6.04 Å². The molecule has 0 bridgehead atoms. The molecular formula is C14H20N2O3. The summed E-state index contributed by atoms with van der Waals surface area (Å²) in [7, 11) is 1.74. The predicted octanol–water partition coefficient (Wildman–Crippen LogP) is 3.13. The van der Waals surface area contributed by atoms with Gasteiger partial charge in [0.05, 0.1) is 11.0 Å². The summed E-state index contributed by atoms with van der Waals surface area (Å²) in [5.74, 6) is 0. The standard InChI is InChI=1S/C14H20N2O3/c1-9-7-10(16(17)18)5-6-11(9)15-12-8-13(19-4)14(12,2)3/h5-7,12-13,15H,8H2,1-4H3. The number of non-ortho nitro benzene ring substituents is 1. The van der Waals surface area contributed by atoms with Gasteiger partial charge in [-0.05, 0) is 25.0 Å². The smallest absolute Gasteiger partial charge is 0.269 e. The highest BCUT2D eigenvalue weighted by Gasteiger charge is 2.48. The molecule has 0 heterocycles. The molecule has 1 fully saturated rings. The summed E-state index contributed by atoms with van der Waals surface area (Å²) < 4.78 is 5.42. The molecule has 1 saturated carbocycles. The van der Waals surface area contributed by atoms with Crippen molar-refractivity contribution in [2.45, 2.75) is 39.3 Å². The molecule has 0 aliphatic heterocycles. The molecule has 104 valence electrons. The minimum absolute atomic E-state index is 0.0724. The molecule has 0 saturated heterocycles. The summed E-state index contributed by atoms with van der Waals surface area (Å²) >= 11 is 0. The number of ether oxygens (including phenoxy) is 1. The Bertz CT molecular complexity index is 499. The van der Waals surface area contributed by atoms with Crippen LogP contribution in [0.2, 0.25) is 0 Å². The number of nitrogens with one attached hydrogen (secondary N) is 1. The molecule has 5 nitrogen and oxygen atoms in total. The van der Waals surface area contributed by atoms with Gasteiger partial charge in [-0.2, -0.15) is 0 Å². The second kappa shape index (κ2) is 4.81. The monoisotopic (exact) mass is 264 g/mol. The van der Waals surface area contributed by atoms with Crippen LogP contribution in [0.3, 0.4) is 0 Å². The molecular weight excluding hydrogens is 244 g/mol. The Balaban J connectivity index is 2.11. The maximum Gasteiger partial charge on any atom is 0.269 e. The summed E-state index contributed by atoms with van der Waals surface area (Å²) in [5, 5.41) is 14.2. The van der Waals surface area contributed by atoms with Crippen LogP contribution >= 0.6 is 0 Å². The van der Waals surface area contributed by atoms with Crippen LogP contribution in [0.5, 0.6) is 0 Å². The van der Waals surface area contributed by atoms with Gasteiger partial charge in [0, 0.05) is 36.4 Å². The Kier molecular flexibility index (Phi) is 3.49. The highest BCUT2D eigenvalue weighted by molar-refractivity contribution is 5.56. The van der Waals surface area contributed by atoms with Crippen molar-refractivity contribution < 1.29 is 9.66 Å². The fourth-order valence-corrected chi connectivity index (χ4v) is 2.64. The van der Waals surface area contributed by atoms with Gasteiger partial charge in [0.2, 0.25) is 0 Å². The van der Waals surface area contributed by atoms with E-state index in [2.05, 4.69) is 19.2 Å². The van der Waals surface area contributed by atoms with Gasteiger partial charge >= 0.3 is 0 Å². The second-order valence-corrected chi connectivity index (χ2v) is 5.73. The topological polar surface area (TPSA) is 64.4 Å². The molecule has 0 spiro atoms. The number of nitrogens with zero attached hydrogens (tertiary/aromatic N) is 1. The average molecular weight is 264 g/mol. The average Bonchev–Trinajstić information content (AvgIpc) is 2.35. The number of aryl methyl sites for hydroxylation is 1. The number of nitro benzene ring substituents is 1. The number of anilines is 1. The lowest BCUT2D eigenvalue weighted by Gasteiger charge is -2.51. The van der Waals surface area contributed by atoms with E-state index in [1.807, 2.05) is 6.92 Å². The van der Waals surface area contributed by atoms with Crippen LogP contribution in [-0.4, -0.2) is 24.2 Å². The van der Waals surface area contributed by atoms with Crippen LogP contribution in [0.15, 0.2) is 18.2 Å². The number of rotatable bonds is 4. The van der Waals surface area contributed by atoms with Crippen molar-refractivity contribution >= 4 is 11.4 Å². The zero-order chi connectivity index (χ0) is 14.2. The molecule has 5 heteroatoms. The summed E-state index contributed by atoms with van der Waals surface area (Å²) in [6.07, 6.45) is 1.23. The van der Waals surface area contributed by atoms with Crippen molar-refractivity contribution in [1.29, 1.82) is 0 Å². The molecule has 1 N–H and O–H groups in total. The van der Waals surface area contributed by atoms with E-state index in [1.54, 1.807) is 19.2 Å². The molecule has 2 atom stereocenters. The van der Waals surface area contributed by atoms with Crippen molar-refractivity contribution in [3.05, 3.63) is 33.9 Å². The number of benzene rings is 1. The SMILES string of the molecule is COC1CC(Nc2ccc([N+](=O)[O-])cc2C)C1(C)C. The van der Waals surface area contributed by atoms with Gasteiger partial charge in [-0.25, -0.2) is 0 Å². The molecule has 0 radical (unpaired) electrons.